The molecule has 3 N–H and O–H groups in total. The van der Waals surface area contributed by atoms with Gasteiger partial charge in [-0.25, -0.2) is 30.6 Å². The SMILES string of the molecule is CC(C)[SiH3].N=C=O.N=C=O.N=C=O. The molecule has 0 fully saturated rings. The highest BCUT2D eigenvalue weighted by Crippen LogP contribution is 1.84. The minimum atomic E-state index is 0.750. The normalized spacial score (nSPS) is 4.85. The van der Waals surface area contributed by atoms with Crippen molar-refractivity contribution >= 4 is 28.5 Å². The van der Waals surface area contributed by atoms with E-state index in [0.717, 1.165) is 23.8 Å². The van der Waals surface area contributed by atoms with E-state index < -0.39 is 0 Å². The van der Waals surface area contributed by atoms with Crippen LogP contribution in [0.2, 0.25) is 5.54 Å². The van der Waals surface area contributed by atoms with Crippen molar-refractivity contribution in [2.75, 3.05) is 0 Å². The largest absolute Gasteiger partial charge is 0.231 e. The first-order valence-electron chi connectivity index (χ1n) is 3.09. The summed E-state index contributed by atoms with van der Waals surface area (Å²) in [7, 11) is 1.35. The summed E-state index contributed by atoms with van der Waals surface area (Å²) in [5.41, 5.74) is 0.972. The molecule has 0 aliphatic rings. The molecule has 0 unspecified atom stereocenters. The van der Waals surface area contributed by atoms with Gasteiger partial charge < -0.3 is 0 Å². The predicted molar refractivity (Wildman–Crippen MR) is 50.3 cm³/mol. The first-order valence-corrected chi connectivity index (χ1v) is 4.25. The summed E-state index contributed by atoms with van der Waals surface area (Å²) < 4.78 is 0. The summed E-state index contributed by atoms with van der Waals surface area (Å²) in [4.78, 5) is 25.0. The van der Waals surface area contributed by atoms with Crippen molar-refractivity contribution < 1.29 is 14.4 Å². The van der Waals surface area contributed by atoms with Crippen LogP contribution in [0.25, 0.3) is 0 Å². The van der Waals surface area contributed by atoms with E-state index in [0.29, 0.717) is 0 Å². The summed E-state index contributed by atoms with van der Waals surface area (Å²) in [5.74, 6) is 0. The molecule has 0 saturated heterocycles. The molecule has 0 aliphatic heterocycles. The van der Waals surface area contributed by atoms with Crippen LogP contribution in [-0.4, -0.2) is 28.5 Å². The quantitative estimate of drug-likeness (QED) is 0.289. The third-order valence-corrected chi connectivity index (χ3v) is 0. The van der Waals surface area contributed by atoms with E-state index in [1.54, 1.807) is 0 Å². The summed E-state index contributed by atoms with van der Waals surface area (Å²) in [6, 6.07) is 0. The van der Waals surface area contributed by atoms with Gasteiger partial charge in [-0.15, -0.1) is 0 Å². The summed E-state index contributed by atoms with van der Waals surface area (Å²) >= 11 is 0. The minimum Gasteiger partial charge on any atom is -0.222 e. The van der Waals surface area contributed by atoms with E-state index in [1.807, 2.05) is 0 Å². The molecular formula is C6H13N3O3Si. The van der Waals surface area contributed by atoms with E-state index in [9.17, 15) is 0 Å². The van der Waals surface area contributed by atoms with Gasteiger partial charge in [0.15, 0.2) is 0 Å². The second-order valence-corrected chi connectivity index (χ2v) is 4.35. The Kier molecular flexibility index (Phi) is 82.7. The monoisotopic (exact) mass is 203 g/mol. The fourth-order valence-electron chi connectivity index (χ4n) is 0. The smallest absolute Gasteiger partial charge is 0.222 e. The molecule has 0 aromatic heterocycles. The maximum atomic E-state index is 8.35. The lowest BCUT2D eigenvalue weighted by atomic mass is 10.6. The van der Waals surface area contributed by atoms with Crippen molar-refractivity contribution in [3.05, 3.63) is 0 Å². The number of carbonyl (C=O) groups excluding carboxylic acids is 3. The van der Waals surface area contributed by atoms with Gasteiger partial charge in [-0.1, -0.05) is 19.4 Å². The number of isocyanates is 3. The van der Waals surface area contributed by atoms with Crippen LogP contribution in [0, 0.1) is 16.2 Å². The number of rotatable bonds is 0. The number of hydrogen-bond donors (Lipinski definition) is 3. The van der Waals surface area contributed by atoms with E-state index in [2.05, 4.69) is 13.8 Å². The van der Waals surface area contributed by atoms with Gasteiger partial charge in [-0.05, 0) is 0 Å². The Morgan fingerprint density at radius 1 is 0.923 bits per heavy atom. The Labute approximate surface area is 79.3 Å². The molecule has 0 radical (unpaired) electrons. The number of nitrogens with one attached hydrogen (secondary N) is 3. The van der Waals surface area contributed by atoms with Crippen molar-refractivity contribution in [2.24, 2.45) is 0 Å². The van der Waals surface area contributed by atoms with Crippen molar-refractivity contribution in [1.82, 2.24) is 0 Å². The van der Waals surface area contributed by atoms with Crippen LogP contribution < -0.4 is 0 Å². The fourth-order valence-corrected chi connectivity index (χ4v) is 0. The number of hydrogen-bond acceptors (Lipinski definition) is 6. The van der Waals surface area contributed by atoms with E-state index in [-0.39, 0.29) is 0 Å². The molecule has 0 spiro atoms. The average molecular weight is 203 g/mol. The van der Waals surface area contributed by atoms with Crippen molar-refractivity contribution in [3.8, 4) is 0 Å². The second-order valence-electron chi connectivity index (χ2n) is 2.04. The van der Waals surface area contributed by atoms with E-state index in [1.165, 1.54) is 10.2 Å². The van der Waals surface area contributed by atoms with Gasteiger partial charge in [-0.2, -0.15) is 0 Å². The molecule has 0 amide bonds. The van der Waals surface area contributed by atoms with Crippen molar-refractivity contribution in [3.63, 3.8) is 0 Å². The molecule has 74 valence electrons. The fraction of sp³-hybridized carbons (Fsp3) is 0.500. The third kappa shape index (κ3) is 268. The maximum Gasteiger partial charge on any atom is 0.231 e. The van der Waals surface area contributed by atoms with Crippen LogP contribution in [0.1, 0.15) is 13.8 Å². The second kappa shape index (κ2) is 47.8. The molecule has 0 heterocycles. The molecule has 13 heavy (non-hydrogen) atoms. The van der Waals surface area contributed by atoms with Crippen molar-refractivity contribution in [2.45, 2.75) is 19.4 Å². The van der Waals surface area contributed by atoms with Crippen molar-refractivity contribution in [1.29, 1.82) is 16.2 Å². The topological polar surface area (TPSA) is 123 Å². The molecule has 7 heteroatoms. The van der Waals surface area contributed by atoms with Gasteiger partial charge in [0.25, 0.3) is 0 Å². The molecular weight excluding hydrogens is 190 g/mol. The van der Waals surface area contributed by atoms with Crippen LogP contribution in [0.5, 0.6) is 0 Å². The van der Waals surface area contributed by atoms with Crippen LogP contribution in [0.4, 0.5) is 0 Å². The van der Waals surface area contributed by atoms with Crippen LogP contribution in [-0.2, 0) is 14.4 Å². The van der Waals surface area contributed by atoms with Gasteiger partial charge in [0.1, 0.15) is 0 Å². The summed E-state index contributed by atoms with van der Waals surface area (Å²) in [6.07, 6.45) is 2.25. The zero-order chi connectivity index (χ0) is 11.7. The molecule has 0 bridgehead atoms. The first kappa shape index (κ1) is 22.5. The summed E-state index contributed by atoms with van der Waals surface area (Å²) in [5, 5.41) is 16.2. The Morgan fingerprint density at radius 2 is 0.923 bits per heavy atom. The lowest BCUT2D eigenvalue weighted by Crippen LogP contribution is -1.67. The van der Waals surface area contributed by atoms with E-state index >= 15 is 0 Å². The Balaban J connectivity index is -0.0000000420. The highest BCUT2D eigenvalue weighted by Gasteiger charge is 1.68. The maximum absolute atomic E-state index is 8.35. The van der Waals surface area contributed by atoms with Gasteiger partial charge in [0, 0.05) is 10.2 Å². The third-order valence-electron chi connectivity index (χ3n) is 0. The standard InChI is InChI=1S/C3H10Si.3CHNO/c1-3(2)4;3*2-1-3/h3H,1-2,4H3;3*2H. The first-order chi connectivity index (χ1) is 5.97. The Morgan fingerprint density at radius 3 is 0.923 bits per heavy atom. The molecule has 6 nitrogen and oxygen atoms in total. The zero-order valence-corrected chi connectivity index (χ0v) is 9.80. The van der Waals surface area contributed by atoms with Crippen LogP contribution in [0.15, 0.2) is 0 Å². The van der Waals surface area contributed by atoms with Gasteiger partial charge in [-0.3, -0.25) is 0 Å². The van der Waals surface area contributed by atoms with Gasteiger partial charge in [0.2, 0.25) is 18.2 Å². The highest BCUT2D eigenvalue weighted by molar-refractivity contribution is 6.10. The zero-order valence-electron chi connectivity index (χ0n) is 7.80. The van der Waals surface area contributed by atoms with Gasteiger partial charge >= 0.3 is 0 Å². The Bertz CT molecular complexity index is 144. The van der Waals surface area contributed by atoms with Gasteiger partial charge in [0.05, 0.1) is 0 Å². The average Bonchev–Trinajstić information content (AvgIpc) is 1.88. The molecule has 0 saturated carbocycles. The van der Waals surface area contributed by atoms with Crippen LogP contribution >= 0.6 is 0 Å². The lowest BCUT2D eigenvalue weighted by molar-refractivity contribution is 0.562. The molecule has 0 rings (SSSR count). The molecule has 0 atom stereocenters. The van der Waals surface area contributed by atoms with Crippen LogP contribution in [0.3, 0.4) is 0 Å². The predicted octanol–water partition coefficient (Wildman–Crippen LogP) is -0.117. The Hall–Kier alpha value is -1.64. The lowest BCUT2D eigenvalue weighted by Gasteiger charge is -1.78. The molecule has 0 aliphatic carbocycles. The molecule has 0 aromatic carbocycles. The van der Waals surface area contributed by atoms with E-state index in [4.69, 9.17) is 30.6 Å². The minimum absolute atomic E-state index is 0.750. The summed E-state index contributed by atoms with van der Waals surface area (Å²) in [6.45, 7) is 4.46. The molecule has 0 aromatic rings. The highest BCUT2D eigenvalue weighted by atomic mass is 28.1.